The van der Waals surface area contributed by atoms with Gasteiger partial charge in [-0.25, -0.2) is 9.37 Å². The summed E-state index contributed by atoms with van der Waals surface area (Å²) in [6.07, 6.45) is 1.17. The predicted octanol–water partition coefficient (Wildman–Crippen LogP) is 1.90. The number of aromatic hydroxyl groups is 1. The number of hydrogen-bond acceptors (Lipinski definition) is 7. The van der Waals surface area contributed by atoms with E-state index in [0.29, 0.717) is 26.3 Å². The summed E-state index contributed by atoms with van der Waals surface area (Å²) in [5.41, 5.74) is -0.147. The summed E-state index contributed by atoms with van der Waals surface area (Å²) >= 11 is 6.79. The van der Waals surface area contributed by atoms with Gasteiger partial charge in [-0.05, 0) is 18.2 Å². The second kappa shape index (κ2) is 9.64. The Bertz CT molecular complexity index is 1290. The third-order valence-corrected chi connectivity index (χ3v) is 7.28. The maximum absolute atomic E-state index is 15.0. The number of carbonyl (C=O) groups excluding carboxylic acids is 3. The van der Waals surface area contributed by atoms with Crippen LogP contribution in [0.15, 0.2) is 30.9 Å². The lowest BCUT2D eigenvalue weighted by atomic mass is 10.0. The van der Waals surface area contributed by atoms with Crippen LogP contribution in [-0.4, -0.2) is 96.6 Å². The zero-order chi connectivity index (χ0) is 26.4. The summed E-state index contributed by atoms with van der Waals surface area (Å²) in [6, 6.07) is 2.86. The zero-order valence-corrected chi connectivity index (χ0v) is 20.9. The number of amides is 3. The second-order valence-corrected chi connectivity index (χ2v) is 9.33. The van der Waals surface area contributed by atoms with Crippen LogP contribution in [0.5, 0.6) is 5.75 Å². The number of ether oxygens (including phenoxy) is 1. The largest absolute Gasteiger partial charge is 0.507 e. The molecule has 0 radical (unpaired) electrons. The normalized spacial score (nSPS) is 19.9. The van der Waals surface area contributed by atoms with Crippen molar-refractivity contribution in [3.8, 4) is 17.0 Å². The third-order valence-electron chi connectivity index (χ3n) is 6.93. The van der Waals surface area contributed by atoms with Crippen LogP contribution in [0.1, 0.15) is 10.4 Å². The van der Waals surface area contributed by atoms with Gasteiger partial charge in [-0.3, -0.25) is 14.4 Å². The number of anilines is 2. The van der Waals surface area contributed by atoms with Crippen molar-refractivity contribution in [2.45, 2.75) is 6.04 Å². The van der Waals surface area contributed by atoms with Crippen molar-refractivity contribution >= 4 is 40.8 Å². The van der Waals surface area contributed by atoms with E-state index in [1.54, 1.807) is 0 Å². The highest BCUT2D eigenvalue weighted by atomic mass is 35.5. The standard InChI is InChI=1S/C25H25ClFN5O5/c1-3-17(34)31-7-8-32-15(13-31)24(35)29(2)22-19(25(32)36)23(30-9-11-37-12-10-30)28-21(20(22)26)18-14(27)5-4-6-16(18)33/h3-6,15,33H,1,7-13H2,2H3/t15-/m1/s1. The smallest absolute Gasteiger partial charge is 0.260 e. The van der Waals surface area contributed by atoms with Crippen LogP contribution in [0.4, 0.5) is 15.9 Å². The molecule has 37 heavy (non-hydrogen) atoms. The van der Waals surface area contributed by atoms with Crippen molar-refractivity contribution in [3.05, 3.63) is 47.3 Å². The highest BCUT2D eigenvalue weighted by molar-refractivity contribution is 6.38. The number of halogens is 2. The predicted molar refractivity (Wildman–Crippen MR) is 134 cm³/mol. The fraction of sp³-hybridized carbons (Fsp3) is 0.360. The van der Waals surface area contributed by atoms with Crippen LogP contribution in [0.25, 0.3) is 11.3 Å². The first-order chi connectivity index (χ1) is 17.7. The molecule has 12 heteroatoms. The molecular weight excluding hydrogens is 505 g/mol. The molecule has 5 rings (SSSR count). The number of carbonyl (C=O) groups is 3. The van der Waals surface area contributed by atoms with Crippen LogP contribution < -0.4 is 9.80 Å². The summed E-state index contributed by atoms with van der Waals surface area (Å²) in [7, 11) is 1.48. The molecule has 0 unspecified atom stereocenters. The molecule has 0 bridgehead atoms. The fourth-order valence-electron chi connectivity index (χ4n) is 5.01. The Balaban J connectivity index is 1.74. The van der Waals surface area contributed by atoms with Gasteiger partial charge in [0.2, 0.25) is 5.91 Å². The van der Waals surface area contributed by atoms with E-state index in [-0.39, 0.29) is 64.6 Å². The molecular formula is C25H25ClFN5O5. The third kappa shape index (κ3) is 4.08. The van der Waals surface area contributed by atoms with E-state index in [0.717, 1.165) is 0 Å². The van der Waals surface area contributed by atoms with Gasteiger partial charge in [0.15, 0.2) is 0 Å². The van der Waals surface area contributed by atoms with Gasteiger partial charge in [-0.2, -0.15) is 0 Å². The van der Waals surface area contributed by atoms with Gasteiger partial charge < -0.3 is 29.4 Å². The van der Waals surface area contributed by atoms with E-state index in [9.17, 15) is 23.9 Å². The van der Waals surface area contributed by atoms with Gasteiger partial charge in [0, 0.05) is 33.2 Å². The molecule has 1 atom stereocenters. The molecule has 10 nitrogen and oxygen atoms in total. The first kappa shape index (κ1) is 25.0. The van der Waals surface area contributed by atoms with E-state index in [4.69, 9.17) is 16.3 Å². The van der Waals surface area contributed by atoms with E-state index in [2.05, 4.69) is 11.6 Å². The van der Waals surface area contributed by atoms with Gasteiger partial charge in [0.25, 0.3) is 11.8 Å². The van der Waals surface area contributed by atoms with E-state index in [1.165, 1.54) is 46.0 Å². The maximum Gasteiger partial charge on any atom is 0.260 e. The molecule has 3 aliphatic rings. The number of aromatic nitrogens is 1. The van der Waals surface area contributed by atoms with Gasteiger partial charge in [-0.1, -0.05) is 24.2 Å². The Kier molecular flexibility index (Phi) is 6.50. The number of fused-ring (bicyclic) bond motifs is 2. The molecule has 3 aliphatic heterocycles. The highest BCUT2D eigenvalue weighted by Gasteiger charge is 2.45. The van der Waals surface area contributed by atoms with Crippen molar-refractivity contribution in [1.82, 2.24) is 14.8 Å². The topological polar surface area (TPSA) is 107 Å². The Morgan fingerprint density at radius 2 is 1.95 bits per heavy atom. The van der Waals surface area contributed by atoms with E-state index in [1.807, 2.05) is 4.90 Å². The number of rotatable bonds is 3. The van der Waals surface area contributed by atoms with Crippen molar-refractivity contribution in [1.29, 1.82) is 0 Å². The molecule has 0 spiro atoms. The number of likely N-dealkylation sites (N-methyl/N-ethyl adjacent to an activating group) is 1. The molecule has 3 amide bonds. The average molecular weight is 530 g/mol. The number of pyridine rings is 1. The minimum Gasteiger partial charge on any atom is -0.507 e. The highest BCUT2D eigenvalue weighted by Crippen LogP contribution is 2.46. The number of nitrogens with zero attached hydrogens (tertiary/aromatic N) is 5. The summed E-state index contributed by atoms with van der Waals surface area (Å²) < 4.78 is 20.4. The first-order valence-corrected chi connectivity index (χ1v) is 12.2. The molecule has 2 fully saturated rings. The lowest BCUT2D eigenvalue weighted by molar-refractivity contribution is -0.132. The summed E-state index contributed by atoms with van der Waals surface area (Å²) in [5.74, 6) is -2.19. The SMILES string of the molecule is C=CC(=O)N1CCN2C(=O)c3c(N4CCOCC4)nc(-c4c(O)cccc4F)c(Cl)c3N(C)C(=O)[C@H]2C1. The molecule has 2 saturated heterocycles. The summed E-state index contributed by atoms with van der Waals surface area (Å²) in [5, 5.41) is 10.4. The fourth-order valence-corrected chi connectivity index (χ4v) is 5.37. The Labute approximate surface area is 217 Å². The number of hydrogen-bond donors (Lipinski definition) is 1. The Hall–Kier alpha value is -3.70. The average Bonchev–Trinajstić information content (AvgIpc) is 2.99. The first-order valence-electron chi connectivity index (χ1n) is 11.8. The number of benzene rings is 1. The van der Waals surface area contributed by atoms with Gasteiger partial charge in [-0.15, -0.1) is 0 Å². The van der Waals surface area contributed by atoms with E-state index < -0.39 is 23.7 Å². The minimum atomic E-state index is -0.957. The number of morpholine rings is 1. The second-order valence-electron chi connectivity index (χ2n) is 8.95. The molecule has 1 aromatic carbocycles. The molecule has 1 aromatic heterocycles. The lowest BCUT2D eigenvalue weighted by Gasteiger charge is -2.39. The van der Waals surface area contributed by atoms with Crippen LogP contribution in [-0.2, 0) is 14.3 Å². The molecule has 1 N–H and O–H groups in total. The number of phenols is 1. The molecule has 4 heterocycles. The van der Waals surface area contributed by atoms with Gasteiger partial charge in [0.05, 0.1) is 36.0 Å². The molecule has 0 saturated carbocycles. The Morgan fingerprint density at radius 1 is 1.22 bits per heavy atom. The van der Waals surface area contributed by atoms with Crippen molar-refractivity contribution < 1.29 is 28.6 Å². The zero-order valence-electron chi connectivity index (χ0n) is 20.1. The molecule has 2 aromatic rings. The Morgan fingerprint density at radius 3 is 2.62 bits per heavy atom. The summed E-state index contributed by atoms with van der Waals surface area (Å²) in [4.78, 5) is 50.6. The van der Waals surface area contributed by atoms with Crippen molar-refractivity contribution in [2.75, 3.05) is 62.8 Å². The minimum absolute atomic E-state index is 0.00729. The molecule has 0 aliphatic carbocycles. The van der Waals surface area contributed by atoms with Crippen LogP contribution in [0, 0.1) is 5.82 Å². The molecule has 194 valence electrons. The van der Waals surface area contributed by atoms with Crippen LogP contribution in [0.2, 0.25) is 5.02 Å². The van der Waals surface area contributed by atoms with E-state index >= 15 is 0 Å². The van der Waals surface area contributed by atoms with Crippen LogP contribution in [0.3, 0.4) is 0 Å². The van der Waals surface area contributed by atoms with Crippen molar-refractivity contribution in [3.63, 3.8) is 0 Å². The maximum atomic E-state index is 15.0. The quantitative estimate of drug-likeness (QED) is 0.605. The number of phenolic OH excluding ortho intramolecular Hbond substituents is 1. The monoisotopic (exact) mass is 529 g/mol. The number of piperazine rings is 1. The summed E-state index contributed by atoms with van der Waals surface area (Å²) in [6.45, 7) is 5.42. The van der Waals surface area contributed by atoms with Crippen molar-refractivity contribution in [2.24, 2.45) is 0 Å². The van der Waals surface area contributed by atoms with Crippen LogP contribution >= 0.6 is 11.6 Å². The van der Waals surface area contributed by atoms with Gasteiger partial charge >= 0.3 is 0 Å². The lowest BCUT2D eigenvalue weighted by Crippen LogP contribution is -2.60. The van der Waals surface area contributed by atoms with Gasteiger partial charge in [0.1, 0.15) is 34.7 Å².